The van der Waals surface area contributed by atoms with Crippen molar-refractivity contribution in [3.8, 4) is 10.7 Å². The van der Waals surface area contributed by atoms with Crippen molar-refractivity contribution in [3.63, 3.8) is 0 Å². The minimum absolute atomic E-state index is 0.791. The Hall–Kier alpha value is -1.46. The van der Waals surface area contributed by atoms with Gasteiger partial charge in [-0.3, -0.25) is 0 Å². The van der Waals surface area contributed by atoms with Gasteiger partial charge in [-0.15, -0.1) is 11.3 Å². The number of nitrogens with one attached hydrogen (secondary N) is 1. The molecule has 0 spiro atoms. The van der Waals surface area contributed by atoms with Crippen LogP contribution >= 0.6 is 11.3 Å². The molecule has 2 aromatic rings. The molecule has 4 nitrogen and oxygen atoms in total. The van der Waals surface area contributed by atoms with Crippen molar-refractivity contribution in [3.05, 3.63) is 28.3 Å². The summed E-state index contributed by atoms with van der Waals surface area (Å²) in [7, 11) is 0. The lowest BCUT2D eigenvalue weighted by molar-refractivity contribution is 0.900. The van der Waals surface area contributed by atoms with Crippen molar-refractivity contribution >= 4 is 17.2 Å². The normalized spacial score (nSPS) is 13.7. The molecular weight excluding hydrogens is 244 g/mol. The van der Waals surface area contributed by atoms with E-state index in [9.17, 15) is 0 Å². The molecule has 2 heterocycles. The summed E-state index contributed by atoms with van der Waals surface area (Å²) in [4.78, 5) is 11.7. The average Bonchev–Trinajstić information content (AvgIpc) is 3.05. The Balaban J connectivity index is 2.07. The Morgan fingerprint density at radius 3 is 2.94 bits per heavy atom. The van der Waals surface area contributed by atoms with Crippen LogP contribution in [-0.4, -0.2) is 9.97 Å². The van der Waals surface area contributed by atoms with Gasteiger partial charge in [-0.1, -0.05) is 6.92 Å². The fourth-order valence-electron chi connectivity index (χ4n) is 2.35. The van der Waals surface area contributed by atoms with E-state index in [0.29, 0.717) is 0 Å². The maximum atomic E-state index is 5.56. The summed E-state index contributed by atoms with van der Waals surface area (Å²) in [5, 5.41) is 0. The third kappa shape index (κ3) is 1.89. The monoisotopic (exact) mass is 260 g/mol. The third-order valence-electron chi connectivity index (χ3n) is 3.30. The zero-order valence-electron chi connectivity index (χ0n) is 10.4. The summed E-state index contributed by atoms with van der Waals surface area (Å²) in [6.07, 6.45) is 4.26. The van der Waals surface area contributed by atoms with Crippen LogP contribution in [0.5, 0.6) is 0 Å². The Morgan fingerprint density at radius 1 is 1.33 bits per heavy atom. The second-order valence-electron chi connectivity index (χ2n) is 4.44. The molecule has 0 bridgehead atoms. The quantitative estimate of drug-likeness (QED) is 0.657. The number of hydrogen-bond acceptors (Lipinski definition) is 5. The number of rotatable bonds is 3. The summed E-state index contributed by atoms with van der Waals surface area (Å²) < 4.78 is 0. The zero-order valence-corrected chi connectivity index (χ0v) is 11.2. The summed E-state index contributed by atoms with van der Waals surface area (Å²) in [5.41, 5.74) is 5.05. The fraction of sp³-hybridized carbons (Fsp3) is 0.385. The average molecular weight is 260 g/mol. The minimum atomic E-state index is 0.791. The fourth-order valence-corrected chi connectivity index (χ4v) is 3.23. The second-order valence-corrected chi connectivity index (χ2v) is 5.61. The molecular formula is C13H16N4S. The lowest BCUT2D eigenvalue weighted by atomic mass is 10.2. The summed E-state index contributed by atoms with van der Waals surface area (Å²) in [5.74, 6) is 7.15. The Kier molecular flexibility index (Phi) is 3.01. The highest BCUT2D eigenvalue weighted by atomic mass is 32.1. The van der Waals surface area contributed by atoms with E-state index in [0.717, 1.165) is 47.9 Å². The van der Waals surface area contributed by atoms with E-state index in [1.54, 1.807) is 11.3 Å². The van der Waals surface area contributed by atoms with Crippen molar-refractivity contribution in [2.24, 2.45) is 5.84 Å². The van der Waals surface area contributed by atoms with Crippen molar-refractivity contribution < 1.29 is 0 Å². The molecule has 3 N–H and O–H groups in total. The molecule has 3 rings (SSSR count). The standard InChI is InChI=1S/C13H16N4S/c1-2-8-6-7-11(18-8)13-15-10-5-3-4-9(10)12(16-13)17-14/h6-7H,2-5,14H2,1H3,(H,15,16,17). The van der Waals surface area contributed by atoms with E-state index in [1.165, 1.54) is 10.4 Å². The molecule has 0 saturated heterocycles. The van der Waals surface area contributed by atoms with E-state index < -0.39 is 0 Å². The zero-order chi connectivity index (χ0) is 12.5. The minimum Gasteiger partial charge on any atom is -0.308 e. The Morgan fingerprint density at radius 2 is 2.22 bits per heavy atom. The number of anilines is 1. The van der Waals surface area contributed by atoms with Crippen LogP contribution in [0.4, 0.5) is 5.82 Å². The van der Waals surface area contributed by atoms with E-state index in [4.69, 9.17) is 5.84 Å². The van der Waals surface area contributed by atoms with Gasteiger partial charge in [0.1, 0.15) is 5.82 Å². The lowest BCUT2D eigenvalue weighted by Crippen LogP contribution is -2.12. The van der Waals surface area contributed by atoms with Gasteiger partial charge in [0.15, 0.2) is 5.82 Å². The molecule has 1 aliphatic rings. The molecule has 5 heteroatoms. The van der Waals surface area contributed by atoms with Crippen molar-refractivity contribution in [2.45, 2.75) is 32.6 Å². The number of nitrogen functional groups attached to an aromatic ring is 1. The molecule has 0 unspecified atom stereocenters. The van der Waals surface area contributed by atoms with Crippen molar-refractivity contribution in [1.82, 2.24) is 9.97 Å². The first-order valence-corrected chi connectivity index (χ1v) is 7.09. The number of fused-ring (bicyclic) bond motifs is 1. The summed E-state index contributed by atoms with van der Waals surface area (Å²) >= 11 is 1.76. The van der Waals surface area contributed by atoms with Crippen LogP contribution in [0, 0.1) is 0 Å². The van der Waals surface area contributed by atoms with Crippen LogP contribution in [0.15, 0.2) is 12.1 Å². The molecule has 2 aromatic heterocycles. The molecule has 0 radical (unpaired) electrons. The molecule has 94 valence electrons. The molecule has 0 fully saturated rings. The molecule has 0 atom stereocenters. The van der Waals surface area contributed by atoms with Crippen LogP contribution in [0.1, 0.15) is 29.5 Å². The highest BCUT2D eigenvalue weighted by molar-refractivity contribution is 7.15. The predicted molar refractivity (Wildman–Crippen MR) is 74.6 cm³/mol. The first kappa shape index (κ1) is 11.6. The van der Waals surface area contributed by atoms with Crippen LogP contribution < -0.4 is 11.3 Å². The Labute approximate surface area is 110 Å². The number of nitrogens with zero attached hydrogens (tertiary/aromatic N) is 2. The Bertz CT molecular complexity index is 576. The van der Waals surface area contributed by atoms with Crippen molar-refractivity contribution in [2.75, 3.05) is 5.43 Å². The number of thiophene rings is 1. The topological polar surface area (TPSA) is 63.8 Å². The van der Waals surface area contributed by atoms with Gasteiger partial charge in [-0.2, -0.15) is 0 Å². The van der Waals surface area contributed by atoms with E-state index in [-0.39, 0.29) is 0 Å². The molecule has 0 aromatic carbocycles. The molecule has 1 aliphatic carbocycles. The second kappa shape index (κ2) is 4.66. The first-order valence-electron chi connectivity index (χ1n) is 6.27. The smallest absolute Gasteiger partial charge is 0.171 e. The van der Waals surface area contributed by atoms with Gasteiger partial charge in [0.2, 0.25) is 0 Å². The third-order valence-corrected chi connectivity index (χ3v) is 4.53. The SMILES string of the molecule is CCc1ccc(-c2nc3c(c(NN)n2)CCC3)s1. The van der Waals surface area contributed by atoms with Crippen LogP contribution in [-0.2, 0) is 19.3 Å². The van der Waals surface area contributed by atoms with Gasteiger partial charge >= 0.3 is 0 Å². The van der Waals surface area contributed by atoms with E-state index in [2.05, 4.69) is 34.5 Å². The van der Waals surface area contributed by atoms with Gasteiger partial charge in [-0.05, 0) is 37.8 Å². The largest absolute Gasteiger partial charge is 0.308 e. The molecule has 0 aliphatic heterocycles. The van der Waals surface area contributed by atoms with Crippen LogP contribution in [0.25, 0.3) is 10.7 Å². The number of aromatic nitrogens is 2. The van der Waals surface area contributed by atoms with Gasteiger partial charge in [-0.25, -0.2) is 15.8 Å². The highest BCUT2D eigenvalue weighted by Gasteiger charge is 2.19. The number of hydrogen-bond donors (Lipinski definition) is 2. The van der Waals surface area contributed by atoms with Crippen LogP contribution in [0.3, 0.4) is 0 Å². The highest BCUT2D eigenvalue weighted by Crippen LogP contribution is 2.31. The number of hydrazine groups is 1. The van der Waals surface area contributed by atoms with Gasteiger partial charge in [0.05, 0.1) is 4.88 Å². The molecule has 0 saturated carbocycles. The maximum Gasteiger partial charge on any atom is 0.171 e. The van der Waals surface area contributed by atoms with Gasteiger partial charge < -0.3 is 5.43 Å². The lowest BCUT2D eigenvalue weighted by Gasteiger charge is -2.08. The maximum absolute atomic E-state index is 5.56. The van der Waals surface area contributed by atoms with Crippen LogP contribution in [0.2, 0.25) is 0 Å². The van der Waals surface area contributed by atoms with Gasteiger partial charge in [0, 0.05) is 16.1 Å². The molecule has 0 amide bonds. The van der Waals surface area contributed by atoms with Crippen molar-refractivity contribution in [1.29, 1.82) is 0 Å². The molecule has 18 heavy (non-hydrogen) atoms. The number of aryl methyl sites for hydroxylation is 2. The summed E-state index contributed by atoms with van der Waals surface area (Å²) in [6, 6.07) is 4.24. The summed E-state index contributed by atoms with van der Waals surface area (Å²) in [6.45, 7) is 2.16. The number of nitrogens with two attached hydrogens (primary N) is 1. The van der Waals surface area contributed by atoms with E-state index in [1.807, 2.05) is 0 Å². The van der Waals surface area contributed by atoms with Gasteiger partial charge in [0.25, 0.3) is 0 Å². The van der Waals surface area contributed by atoms with E-state index >= 15 is 0 Å². The predicted octanol–water partition coefficient (Wildman–Crippen LogP) is 2.54. The first-order chi connectivity index (χ1) is 8.81.